The van der Waals surface area contributed by atoms with E-state index in [1.807, 2.05) is 54.6 Å². The smallest absolute Gasteiger partial charge is 0.352 e. The Balaban J connectivity index is 1.63. The van der Waals surface area contributed by atoms with Gasteiger partial charge in [0.1, 0.15) is 17.2 Å². The zero-order chi connectivity index (χ0) is 21.3. The number of halogens is 1. The number of carbonyl (C=O) groups excluding carboxylic acids is 1. The molecular formula is C24H20INO4. The maximum absolute atomic E-state index is 12.2. The van der Waals surface area contributed by atoms with E-state index >= 15 is 0 Å². The predicted octanol–water partition coefficient (Wildman–Crippen LogP) is 5.26. The Morgan fingerprint density at radius 3 is 2.27 bits per heavy atom. The van der Waals surface area contributed by atoms with Crippen LogP contribution in [0.1, 0.15) is 17.5 Å². The van der Waals surface area contributed by atoms with Gasteiger partial charge in [-0.2, -0.15) is 0 Å². The summed E-state index contributed by atoms with van der Waals surface area (Å²) < 4.78 is 6.83. The third-order valence-electron chi connectivity index (χ3n) is 4.24. The molecule has 5 nitrogen and oxygen atoms in total. The van der Waals surface area contributed by atoms with E-state index in [0.29, 0.717) is 17.7 Å². The average Bonchev–Trinajstić information content (AvgIpc) is 2.75. The van der Waals surface area contributed by atoms with E-state index in [4.69, 9.17) is 4.74 Å². The Morgan fingerprint density at radius 2 is 1.60 bits per heavy atom. The van der Waals surface area contributed by atoms with Crippen LogP contribution in [0, 0.1) is 3.57 Å². The third-order valence-corrected chi connectivity index (χ3v) is 5.13. The van der Waals surface area contributed by atoms with Gasteiger partial charge in [0.05, 0.1) is 3.57 Å². The van der Waals surface area contributed by atoms with Gasteiger partial charge < -0.3 is 15.2 Å². The standard InChI is InChI=1S/C24H20INO4/c25-20-8-4-5-9-22(20)30-19-13-10-18(11-14-19)16-21(24(28)29)26-23(27)15-12-17-6-2-1-3-7-17/h1-11,13-14,16H,12,15H2,(H,26,27)(H,28,29)/b21-16-. The Hall–Kier alpha value is -3.13. The summed E-state index contributed by atoms with van der Waals surface area (Å²) in [6.07, 6.45) is 2.18. The van der Waals surface area contributed by atoms with Gasteiger partial charge in [-0.25, -0.2) is 4.79 Å². The van der Waals surface area contributed by atoms with Crippen molar-refractivity contribution in [3.05, 3.63) is 99.3 Å². The van der Waals surface area contributed by atoms with Gasteiger partial charge >= 0.3 is 5.97 Å². The molecule has 6 heteroatoms. The van der Waals surface area contributed by atoms with Crippen molar-refractivity contribution >= 4 is 40.5 Å². The second-order valence-corrected chi connectivity index (χ2v) is 7.66. The third kappa shape index (κ3) is 6.45. The first-order chi connectivity index (χ1) is 14.5. The summed E-state index contributed by atoms with van der Waals surface area (Å²) in [7, 11) is 0. The lowest BCUT2D eigenvalue weighted by Gasteiger charge is -2.09. The highest BCUT2D eigenvalue weighted by molar-refractivity contribution is 14.1. The van der Waals surface area contributed by atoms with Gasteiger partial charge in [0, 0.05) is 6.42 Å². The minimum absolute atomic E-state index is 0.167. The highest BCUT2D eigenvalue weighted by Gasteiger charge is 2.12. The van der Waals surface area contributed by atoms with Crippen molar-refractivity contribution in [2.75, 3.05) is 0 Å². The molecule has 2 N–H and O–H groups in total. The van der Waals surface area contributed by atoms with E-state index in [1.165, 1.54) is 6.08 Å². The molecule has 3 aromatic rings. The highest BCUT2D eigenvalue weighted by atomic mass is 127. The van der Waals surface area contributed by atoms with Crippen molar-refractivity contribution < 1.29 is 19.4 Å². The molecule has 3 aromatic carbocycles. The first-order valence-electron chi connectivity index (χ1n) is 9.32. The van der Waals surface area contributed by atoms with Crippen LogP contribution in [0.5, 0.6) is 11.5 Å². The van der Waals surface area contributed by atoms with Crippen LogP contribution in [0.2, 0.25) is 0 Å². The van der Waals surface area contributed by atoms with Crippen molar-refractivity contribution in [1.82, 2.24) is 5.32 Å². The fourth-order valence-electron chi connectivity index (χ4n) is 2.72. The zero-order valence-electron chi connectivity index (χ0n) is 16.0. The van der Waals surface area contributed by atoms with Gasteiger partial charge in [0.2, 0.25) is 5.91 Å². The van der Waals surface area contributed by atoms with Crippen LogP contribution in [-0.4, -0.2) is 17.0 Å². The van der Waals surface area contributed by atoms with Crippen LogP contribution in [0.15, 0.2) is 84.6 Å². The minimum Gasteiger partial charge on any atom is -0.477 e. The van der Waals surface area contributed by atoms with E-state index < -0.39 is 5.97 Å². The van der Waals surface area contributed by atoms with Crippen molar-refractivity contribution in [3.63, 3.8) is 0 Å². The van der Waals surface area contributed by atoms with E-state index in [1.54, 1.807) is 24.3 Å². The second-order valence-electron chi connectivity index (χ2n) is 6.50. The Morgan fingerprint density at radius 1 is 0.933 bits per heavy atom. The molecule has 0 spiro atoms. The SMILES string of the molecule is O=C(CCc1ccccc1)N/C(=C\c1ccc(Oc2ccccc2I)cc1)C(=O)O. The number of benzene rings is 3. The molecule has 0 bridgehead atoms. The summed E-state index contributed by atoms with van der Waals surface area (Å²) >= 11 is 2.20. The van der Waals surface area contributed by atoms with Gasteiger partial charge in [-0.15, -0.1) is 0 Å². The summed E-state index contributed by atoms with van der Waals surface area (Å²) in [5, 5.41) is 11.9. The van der Waals surface area contributed by atoms with Crippen LogP contribution in [0.3, 0.4) is 0 Å². The van der Waals surface area contributed by atoms with E-state index in [-0.39, 0.29) is 18.0 Å². The quantitative estimate of drug-likeness (QED) is 0.319. The fraction of sp³-hybridized carbons (Fsp3) is 0.0833. The second kappa shape index (κ2) is 10.6. The number of aryl methyl sites for hydroxylation is 1. The molecule has 0 unspecified atom stereocenters. The first-order valence-corrected chi connectivity index (χ1v) is 10.4. The van der Waals surface area contributed by atoms with Crippen LogP contribution in [0.4, 0.5) is 0 Å². The Labute approximate surface area is 188 Å². The molecule has 0 fully saturated rings. The molecule has 0 aromatic heterocycles. The number of ether oxygens (including phenoxy) is 1. The molecule has 0 heterocycles. The van der Waals surface area contributed by atoms with E-state index in [0.717, 1.165) is 14.9 Å². The highest BCUT2D eigenvalue weighted by Crippen LogP contribution is 2.26. The minimum atomic E-state index is -1.19. The van der Waals surface area contributed by atoms with Gasteiger partial charge in [-0.3, -0.25) is 4.79 Å². The lowest BCUT2D eigenvalue weighted by molar-refractivity contribution is -0.134. The van der Waals surface area contributed by atoms with Gasteiger partial charge in [0.25, 0.3) is 0 Å². The molecule has 30 heavy (non-hydrogen) atoms. The number of para-hydroxylation sites is 1. The lowest BCUT2D eigenvalue weighted by Crippen LogP contribution is -2.27. The van der Waals surface area contributed by atoms with Gasteiger partial charge in [0.15, 0.2) is 0 Å². The molecule has 3 rings (SSSR count). The molecule has 0 aliphatic carbocycles. The number of amides is 1. The topological polar surface area (TPSA) is 75.6 Å². The number of hydrogen-bond donors (Lipinski definition) is 2. The molecule has 1 amide bonds. The number of aliphatic carboxylic acids is 1. The molecule has 152 valence electrons. The normalized spacial score (nSPS) is 11.0. The maximum Gasteiger partial charge on any atom is 0.352 e. The molecule has 0 saturated carbocycles. The van der Waals surface area contributed by atoms with E-state index in [2.05, 4.69) is 27.9 Å². The molecule has 0 radical (unpaired) electrons. The number of carbonyl (C=O) groups is 2. The largest absolute Gasteiger partial charge is 0.477 e. The fourth-order valence-corrected chi connectivity index (χ4v) is 3.22. The molecule has 0 aliphatic heterocycles. The Kier molecular flexibility index (Phi) is 7.62. The van der Waals surface area contributed by atoms with Crippen LogP contribution >= 0.6 is 22.6 Å². The number of hydrogen-bond acceptors (Lipinski definition) is 3. The summed E-state index contributed by atoms with van der Waals surface area (Å²) in [6.45, 7) is 0. The van der Waals surface area contributed by atoms with Crippen molar-refractivity contribution in [2.24, 2.45) is 0 Å². The van der Waals surface area contributed by atoms with Gasteiger partial charge in [-0.1, -0.05) is 54.6 Å². The monoisotopic (exact) mass is 513 g/mol. The van der Waals surface area contributed by atoms with Crippen LogP contribution in [0.25, 0.3) is 6.08 Å². The summed E-state index contributed by atoms with van der Waals surface area (Å²) in [5.41, 5.74) is 1.50. The van der Waals surface area contributed by atoms with Crippen molar-refractivity contribution in [2.45, 2.75) is 12.8 Å². The summed E-state index contributed by atoms with van der Waals surface area (Å²) in [5.74, 6) is -0.147. The number of nitrogens with one attached hydrogen (secondary N) is 1. The molecular weight excluding hydrogens is 493 g/mol. The number of carboxylic acids is 1. The lowest BCUT2D eigenvalue weighted by atomic mass is 10.1. The molecule has 0 aliphatic rings. The van der Waals surface area contributed by atoms with Crippen LogP contribution in [-0.2, 0) is 16.0 Å². The molecule has 0 saturated heterocycles. The van der Waals surface area contributed by atoms with Crippen molar-refractivity contribution in [1.29, 1.82) is 0 Å². The molecule has 0 atom stereocenters. The predicted molar refractivity (Wildman–Crippen MR) is 124 cm³/mol. The number of carboxylic acid groups (broad SMARTS) is 1. The summed E-state index contributed by atoms with van der Waals surface area (Å²) in [4.78, 5) is 23.7. The van der Waals surface area contributed by atoms with Gasteiger partial charge in [-0.05, 0) is 70.5 Å². The van der Waals surface area contributed by atoms with Crippen molar-refractivity contribution in [3.8, 4) is 11.5 Å². The first kappa shape index (κ1) is 21.6. The average molecular weight is 513 g/mol. The Bertz CT molecular complexity index is 1050. The maximum atomic E-state index is 12.2. The summed E-state index contributed by atoms with van der Waals surface area (Å²) in [6, 6.07) is 24.2. The van der Waals surface area contributed by atoms with Crippen LogP contribution < -0.4 is 10.1 Å². The van der Waals surface area contributed by atoms with E-state index in [9.17, 15) is 14.7 Å². The number of rotatable bonds is 8. The zero-order valence-corrected chi connectivity index (χ0v) is 18.2.